The summed E-state index contributed by atoms with van der Waals surface area (Å²) in [6.45, 7) is 1.26. The second-order valence-corrected chi connectivity index (χ2v) is 7.48. The van der Waals surface area contributed by atoms with Gasteiger partial charge in [0.15, 0.2) is 0 Å². The minimum absolute atomic E-state index is 0.00999. The lowest BCUT2D eigenvalue weighted by Crippen LogP contribution is -2.40. The van der Waals surface area contributed by atoms with Crippen LogP contribution in [0.1, 0.15) is 16.1 Å². The first-order valence-corrected chi connectivity index (χ1v) is 9.20. The highest BCUT2D eigenvalue weighted by atomic mass is 32.2. The number of aromatic amines is 1. The van der Waals surface area contributed by atoms with Crippen LogP contribution in [0.2, 0.25) is 0 Å². The fourth-order valence-corrected chi connectivity index (χ4v) is 3.91. The number of amides is 1. The molecule has 0 aliphatic carbocycles. The van der Waals surface area contributed by atoms with Crippen LogP contribution in [-0.2, 0) is 21.3 Å². The average Bonchev–Trinajstić information content (AvgIpc) is 3.12. The number of nitrogens with one attached hydrogen (secondary N) is 2. The fourth-order valence-electron chi connectivity index (χ4n) is 2.50. The van der Waals surface area contributed by atoms with Crippen molar-refractivity contribution < 1.29 is 22.3 Å². The molecule has 1 aliphatic heterocycles. The van der Waals surface area contributed by atoms with Gasteiger partial charge in [-0.25, -0.2) is 12.8 Å². The summed E-state index contributed by atoms with van der Waals surface area (Å²) in [6, 6.07) is 7.39. The molecule has 2 aromatic rings. The van der Waals surface area contributed by atoms with Crippen molar-refractivity contribution in [3.63, 3.8) is 0 Å². The number of benzene rings is 1. The highest BCUT2D eigenvalue weighted by Crippen LogP contribution is 2.18. The number of H-pyrrole nitrogens is 1. The molecule has 25 heavy (non-hydrogen) atoms. The molecule has 1 fully saturated rings. The maximum atomic E-state index is 13.6. The summed E-state index contributed by atoms with van der Waals surface area (Å²) in [7, 11) is -3.67. The van der Waals surface area contributed by atoms with Gasteiger partial charge in [0.05, 0.1) is 13.2 Å². The zero-order valence-electron chi connectivity index (χ0n) is 13.4. The van der Waals surface area contributed by atoms with Gasteiger partial charge in [-0.05, 0) is 12.1 Å². The first-order chi connectivity index (χ1) is 12.0. The van der Waals surface area contributed by atoms with Gasteiger partial charge in [0, 0.05) is 31.4 Å². The zero-order valence-corrected chi connectivity index (χ0v) is 14.2. The Morgan fingerprint density at radius 1 is 1.28 bits per heavy atom. The van der Waals surface area contributed by atoms with Crippen LogP contribution in [0.15, 0.2) is 41.4 Å². The number of sulfonamides is 1. The lowest BCUT2D eigenvalue weighted by Gasteiger charge is -2.25. The summed E-state index contributed by atoms with van der Waals surface area (Å²) < 4.78 is 45.1. The lowest BCUT2D eigenvalue weighted by atomic mass is 10.2. The van der Waals surface area contributed by atoms with Crippen LogP contribution in [0.4, 0.5) is 4.39 Å². The molecule has 1 aromatic heterocycles. The van der Waals surface area contributed by atoms with Crippen molar-refractivity contribution in [1.29, 1.82) is 0 Å². The SMILES string of the molecule is O=C(NCc1ccccc1F)c1cc(S(=O)(=O)N2CCOCC2)c[nH]1. The van der Waals surface area contributed by atoms with Gasteiger partial charge < -0.3 is 15.0 Å². The Bertz CT molecular complexity index is 860. The number of hydrogen-bond acceptors (Lipinski definition) is 4. The van der Waals surface area contributed by atoms with Gasteiger partial charge in [-0.2, -0.15) is 4.31 Å². The van der Waals surface area contributed by atoms with Crippen LogP contribution < -0.4 is 5.32 Å². The van der Waals surface area contributed by atoms with E-state index in [4.69, 9.17) is 4.74 Å². The fraction of sp³-hybridized carbons (Fsp3) is 0.312. The summed E-state index contributed by atoms with van der Waals surface area (Å²) >= 11 is 0. The molecule has 0 spiro atoms. The predicted octanol–water partition coefficient (Wildman–Crippen LogP) is 1.10. The average molecular weight is 367 g/mol. The van der Waals surface area contributed by atoms with E-state index in [9.17, 15) is 17.6 Å². The molecule has 0 atom stereocenters. The first kappa shape index (κ1) is 17.6. The molecule has 2 N–H and O–H groups in total. The minimum Gasteiger partial charge on any atom is -0.379 e. The highest BCUT2D eigenvalue weighted by molar-refractivity contribution is 7.89. The molecule has 1 aromatic carbocycles. The van der Waals surface area contributed by atoms with Crippen molar-refractivity contribution in [2.75, 3.05) is 26.3 Å². The molecule has 0 radical (unpaired) electrons. The van der Waals surface area contributed by atoms with E-state index in [1.165, 1.54) is 22.6 Å². The summed E-state index contributed by atoms with van der Waals surface area (Å²) in [6.07, 6.45) is 1.28. The summed E-state index contributed by atoms with van der Waals surface area (Å²) in [4.78, 5) is 14.8. The molecule has 134 valence electrons. The summed E-state index contributed by atoms with van der Waals surface area (Å²) in [5, 5.41) is 2.56. The maximum absolute atomic E-state index is 13.6. The molecule has 3 rings (SSSR count). The smallest absolute Gasteiger partial charge is 0.268 e. The van der Waals surface area contributed by atoms with E-state index in [2.05, 4.69) is 10.3 Å². The van der Waals surface area contributed by atoms with E-state index >= 15 is 0 Å². The number of hydrogen-bond donors (Lipinski definition) is 2. The van der Waals surface area contributed by atoms with Crippen LogP contribution in [0.25, 0.3) is 0 Å². The molecule has 7 nitrogen and oxygen atoms in total. The number of carbonyl (C=O) groups is 1. The molecule has 1 amide bonds. The van der Waals surface area contributed by atoms with E-state index < -0.39 is 21.7 Å². The third kappa shape index (κ3) is 3.89. The van der Waals surface area contributed by atoms with Gasteiger partial charge in [-0.1, -0.05) is 18.2 Å². The number of rotatable bonds is 5. The molecular weight excluding hydrogens is 349 g/mol. The topological polar surface area (TPSA) is 91.5 Å². The normalized spacial score (nSPS) is 15.9. The standard InChI is InChI=1S/C16H18FN3O4S/c17-14-4-2-1-3-12(14)10-19-16(21)15-9-13(11-18-15)25(22,23)20-5-7-24-8-6-20/h1-4,9,11,18H,5-8,10H2,(H,19,21). The van der Waals surface area contributed by atoms with Crippen molar-refractivity contribution in [3.05, 3.63) is 53.6 Å². The highest BCUT2D eigenvalue weighted by Gasteiger charge is 2.27. The largest absolute Gasteiger partial charge is 0.379 e. The van der Waals surface area contributed by atoms with Crippen LogP contribution in [0.5, 0.6) is 0 Å². The van der Waals surface area contributed by atoms with Crippen molar-refractivity contribution in [3.8, 4) is 0 Å². The van der Waals surface area contributed by atoms with E-state index in [1.54, 1.807) is 18.2 Å². The second kappa shape index (κ2) is 7.34. The molecular formula is C16H18FN3O4S. The second-order valence-electron chi connectivity index (χ2n) is 5.54. The van der Waals surface area contributed by atoms with Crippen LogP contribution >= 0.6 is 0 Å². The Kier molecular flexibility index (Phi) is 5.16. The Hall–Kier alpha value is -2.23. The van der Waals surface area contributed by atoms with E-state index in [-0.39, 0.29) is 30.2 Å². The van der Waals surface area contributed by atoms with Crippen LogP contribution in [0, 0.1) is 5.82 Å². The molecule has 1 saturated heterocycles. The Morgan fingerprint density at radius 3 is 2.72 bits per heavy atom. The van der Waals surface area contributed by atoms with Gasteiger partial charge in [-0.3, -0.25) is 4.79 Å². The van der Waals surface area contributed by atoms with E-state index in [0.717, 1.165) is 0 Å². The summed E-state index contributed by atoms with van der Waals surface area (Å²) in [5.41, 5.74) is 0.451. The van der Waals surface area contributed by atoms with Gasteiger partial charge in [0.1, 0.15) is 16.4 Å². The van der Waals surface area contributed by atoms with Crippen LogP contribution in [-0.4, -0.2) is 49.9 Å². The van der Waals surface area contributed by atoms with Crippen molar-refractivity contribution >= 4 is 15.9 Å². The van der Waals surface area contributed by atoms with Gasteiger partial charge in [-0.15, -0.1) is 0 Å². The predicted molar refractivity (Wildman–Crippen MR) is 87.9 cm³/mol. The van der Waals surface area contributed by atoms with E-state index in [0.29, 0.717) is 18.8 Å². The third-order valence-corrected chi connectivity index (χ3v) is 5.78. The molecule has 0 bridgehead atoms. The van der Waals surface area contributed by atoms with Gasteiger partial charge >= 0.3 is 0 Å². The minimum atomic E-state index is -3.67. The van der Waals surface area contributed by atoms with Crippen molar-refractivity contribution in [2.24, 2.45) is 0 Å². The number of morpholine rings is 1. The van der Waals surface area contributed by atoms with Crippen LogP contribution in [0.3, 0.4) is 0 Å². The quantitative estimate of drug-likeness (QED) is 0.828. The Morgan fingerprint density at radius 2 is 2.00 bits per heavy atom. The Labute approximate surface area is 144 Å². The molecule has 9 heteroatoms. The number of carbonyl (C=O) groups excluding carboxylic acids is 1. The van der Waals surface area contributed by atoms with E-state index in [1.807, 2.05) is 0 Å². The summed E-state index contributed by atoms with van der Waals surface area (Å²) in [5.74, 6) is -0.920. The number of ether oxygens (including phenoxy) is 1. The third-order valence-electron chi connectivity index (χ3n) is 3.91. The zero-order chi connectivity index (χ0) is 17.9. The molecule has 0 saturated carbocycles. The molecule has 1 aliphatic rings. The Balaban J connectivity index is 1.68. The van der Waals surface area contributed by atoms with Crippen molar-refractivity contribution in [1.82, 2.24) is 14.6 Å². The van der Waals surface area contributed by atoms with Gasteiger partial charge in [0.25, 0.3) is 5.91 Å². The molecule has 2 heterocycles. The number of halogens is 1. The number of nitrogens with zero attached hydrogens (tertiary/aromatic N) is 1. The lowest BCUT2D eigenvalue weighted by molar-refractivity contribution is 0.0730. The monoisotopic (exact) mass is 367 g/mol. The maximum Gasteiger partial charge on any atom is 0.268 e. The molecule has 0 unspecified atom stereocenters. The first-order valence-electron chi connectivity index (χ1n) is 7.76. The van der Waals surface area contributed by atoms with Crippen molar-refractivity contribution in [2.45, 2.75) is 11.4 Å². The number of aromatic nitrogens is 1. The van der Waals surface area contributed by atoms with Gasteiger partial charge in [0.2, 0.25) is 10.0 Å².